The van der Waals surface area contributed by atoms with Gasteiger partial charge in [0, 0.05) is 12.2 Å². The van der Waals surface area contributed by atoms with E-state index in [1.54, 1.807) is 41.3 Å². The largest absolute Gasteiger partial charge is 0.398 e. The van der Waals surface area contributed by atoms with Crippen molar-refractivity contribution in [2.24, 2.45) is 0 Å². The molecule has 0 bridgehead atoms. The van der Waals surface area contributed by atoms with Gasteiger partial charge in [0.1, 0.15) is 11.9 Å². The van der Waals surface area contributed by atoms with Gasteiger partial charge < -0.3 is 15.4 Å². The molecule has 1 aliphatic rings. The Morgan fingerprint density at radius 2 is 1.87 bits per heavy atom. The summed E-state index contributed by atoms with van der Waals surface area (Å²) >= 11 is 0. The van der Waals surface area contributed by atoms with Crippen molar-refractivity contribution in [2.45, 2.75) is 19.1 Å². The van der Waals surface area contributed by atoms with Gasteiger partial charge in [0.25, 0.3) is 5.91 Å². The van der Waals surface area contributed by atoms with E-state index in [2.05, 4.69) is 0 Å². The Kier molecular flexibility index (Phi) is 4.30. The van der Waals surface area contributed by atoms with Gasteiger partial charge in [-0.25, -0.2) is 4.39 Å². The highest BCUT2D eigenvalue weighted by atomic mass is 19.1. The normalized spacial score (nSPS) is 21.2. The van der Waals surface area contributed by atoms with Gasteiger partial charge in [-0.2, -0.15) is 0 Å². The van der Waals surface area contributed by atoms with Crippen LogP contribution in [0.4, 0.5) is 10.1 Å². The predicted octanol–water partition coefficient (Wildman–Crippen LogP) is 3.01. The van der Waals surface area contributed by atoms with E-state index in [-0.39, 0.29) is 23.9 Å². The minimum atomic E-state index is -0.289. The molecule has 2 N–H and O–H groups in total. The summed E-state index contributed by atoms with van der Waals surface area (Å²) in [4.78, 5) is 14.5. The fourth-order valence-electron chi connectivity index (χ4n) is 2.84. The molecule has 2 unspecified atom stereocenters. The minimum Gasteiger partial charge on any atom is -0.398 e. The summed E-state index contributed by atoms with van der Waals surface area (Å²) in [5.41, 5.74) is 7.73. The van der Waals surface area contributed by atoms with Crippen LogP contribution in [0.15, 0.2) is 48.5 Å². The summed E-state index contributed by atoms with van der Waals surface area (Å²) in [5.74, 6) is -0.395. The molecule has 4 nitrogen and oxygen atoms in total. The summed E-state index contributed by atoms with van der Waals surface area (Å²) in [6.45, 7) is 2.85. The standard InChI is InChI=1S/C18H19FN2O2/c1-12-10-21(18(22)15-4-2-3-5-16(15)20)11-17(23-12)13-6-8-14(19)9-7-13/h2-9,12,17H,10-11,20H2,1H3. The van der Waals surface area contributed by atoms with Gasteiger partial charge in [-0.1, -0.05) is 24.3 Å². The zero-order valence-electron chi connectivity index (χ0n) is 12.9. The number of benzene rings is 2. The van der Waals surface area contributed by atoms with Crippen molar-refractivity contribution < 1.29 is 13.9 Å². The van der Waals surface area contributed by atoms with Gasteiger partial charge in [-0.3, -0.25) is 4.79 Å². The Labute approximate surface area is 134 Å². The van der Waals surface area contributed by atoms with Gasteiger partial charge in [0.2, 0.25) is 0 Å². The van der Waals surface area contributed by atoms with Crippen molar-refractivity contribution in [3.63, 3.8) is 0 Å². The van der Waals surface area contributed by atoms with Crippen LogP contribution >= 0.6 is 0 Å². The molecule has 120 valence electrons. The smallest absolute Gasteiger partial charge is 0.256 e. The molecule has 1 saturated heterocycles. The van der Waals surface area contributed by atoms with Crippen LogP contribution in [-0.4, -0.2) is 30.0 Å². The number of nitrogens with zero attached hydrogens (tertiary/aromatic N) is 1. The number of hydrogen-bond acceptors (Lipinski definition) is 3. The van der Waals surface area contributed by atoms with Crippen molar-refractivity contribution in [1.29, 1.82) is 0 Å². The van der Waals surface area contributed by atoms with Crippen LogP contribution in [0, 0.1) is 5.82 Å². The number of hydrogen-bond donors (Lipinski definition) is 1. The van der Waals surface area contributed by atoms with E-state index in [4.69, 9.17) is 10.5 Å². The molecular formula is C18H19FN2O2. The number of ether oxygens (including phenoxy) is 1. The molecule has 23 heavy (non-hydrogen) atoms. The van der Waals surface area contributed by atoms with Crippen LogP contribution in [0.3, 0.4) is 0 Å². The van der Waals surface area contributed by atoms with Crippen LogP contribution in [0.2, 0.25) is 0 Å². The van der Waals surface area contributed by atoms with E-state index in [0.29, 0.717) is 24.3 Å². The Morgan fingerprint density at radius 3 is 2.57 bits per heavy atom. The SMILES string of the molecule is CC1CN(C(=O)c2ccccc2N)CC(c2ccc(F)cc2)O1. The number of halogens is 1. The second-order valence-corrected chi connectivity index (χ2v) is 5.78. The van der Waals surface area contributed by atoms with Crippen molar-refractivity contribution in [2.75, 3.05) is 18.8 Å². The van der Waals surface area contributed by atoms with E-state index in [1.807, 2.05) is 6.92 Å². The van der Waals surface area contributed by atoms with Gasteiger partial charge in [-0.05, 0) is 36.8 Å². The molecule has 0 spiro atoms. The first-order valence-corrected chi connectivity index (χ1v) is 7.59. The molecule has 1 aliphatic heterocycles. The molecule has 2 aromatic rings. The first-order chi connectivity index (χ1) is 11.0. The number of rotatable bonds is 2. The molecule has 1 amide bonds. The first-order valence-electron chi connectivity index (χ1n) is 7.59. The maximum Gasteiger partial charge on any atom is 0.256 e. The lowest BCUT2D eigenvalue weighted by Crippen LogP contribution is -2.46. The van der Waals surface area contributed by atoms with Crippen molar-refractivity contribution in [3.05, 3.63) is 65.5 Å². The lowest BCUT2D eigenvalue weighted by Gasteiger charge is -2.37. The number of para-hydroxylation sites is 1. The number of anilines is 1. The first kappa shape index (κ1) is 15.5. The zero-order chi connectivity index (χ0) is 16.4. The Hall–Kier alpha value is -2.40. The average molecular weight is 314 g/mol. The number of carbonyl (C=O) groups is 1. The van der Waals surface area contributed by atoms with Gasteiger partial charge in [-0.15, -0.1) is 0 Å². The monoisotopic (exact) mass is 314 g/mol. The Balaban J connectivity index is 1.82. The van der Waals surface area contributed by atoms with Gasteiger partial charge in [0.15, 0.2) is 0 Å². The second-order valence-electron chi connectivity index (χ2n) is 5.78. The molecule has 0 radical (unpaired) electrons. The number of carbonyl (C=O) groups excluding carboxylic acids is 1. The highest BCUT2D eigenvalue weighted by Crippen LogP contribution is 2.27. The van der Waals surface area contributed by atoms with Crippen LogP contribution < -0.4 is 5.73 Å². The topological polar surface area (TPSA) is 55.6 Å². The maximum atomic E-state index is 13.1. The summed E-state index contributed by atoms with van der Waals surface area (Å²) in [6, 6.07) is 13.2. The average Bonchev–Trinajstić information content (AvgIpc) is 2.55. The van der Waals surface area contributed by atoms with Crippen LogP contribution in [-0.2, 0) is 4.74 Å². The highest BCUT2D eigenvalue weighted by Gasteiger charge is 2.30. The molecule has 1 heterocycles. The fraction of sp³-hybridized carbons (Fsp3) is 0.278. The molecule has 5 heteroatoms. The summed E-state index contributed by atoms with van der Waals surface area (Å²) in [6.07, 6.45) is -0.374. The van der Waals surface area contributed by atoms with E-state index in [0.717, 1.165) is 5.56 Å². The molecule has 3 rings (SSSR count). The van der Waals surface area contributed by atoms with E-state index < -0.39 is 0 Å². The summed E-state index contributed by atoms with van der Waals surface area (Å²) in [5, 5.41) is 0. The maximum absolute atomic E-state index is 13.1. The molecular weight excluding hydrogens is 295 g/mol. The third kappa shape index (κ3) is 3.35. The van der Waals surface area contributed by atoms with Crippen LogP contribution in [0.5, 0.6) is 0 Å². The summed E-state index contributed by atoms with van der Waals surface area (Å²) in [7, 11) is 0. The van der Waals surface area contributed by atoms with E-state index in [9.17, 15) is 9.18 Å². The van der Waals surface area contributed by atoms with E-state index >= 15 is 0 Å². The fourth-order valence-corrected chi connectivity index (χ4v) is 2.84. The highest BCUT2D eigenvalue weighted by molar-refractivity contribution is 5.99. The molecule has 1 fully saturated rings. The number of morpholine rings is 1. The zero-order valence-corrected chi connectivity index (χ0v) is 12.9. The van der Waals surface area contributed by atoms with E-state index in [1.165, 1.54) is 12.1 Å². The van der Waals surface area contributed by atoms with Crippen molar-refractivity contribution >= 4 is 11.6 Å². The third-order valence-electron chi connectivity index (χ3n) is 3.98. The van der Waals surface area contributed by atoms with Crippen LogP contribution in [0.1, 0.15) is 28.9 Å². The van der Waals surface area contributed by atoms with Crippen molar-refractivity contribution in [1.82, 2.24) is 4.90 Å². The predicted molar refractivity (Wildman–Crippen MR) is 86.4 cm³/mol. The lowest BCUT2D eigenvalue weighted by atomic mass is 10.0. The minimum absolute atomic E-state index is 0.104. The Morgan fingerprint density at radius 1 is 1.17 bits per heavy atom. The third-order valence-corrected chi connectivity index (χ3v) is 3.98. The van der Waals surface area contributed by atoms with Crippen LogP contribution in [0.25, 0.3) is 0 Å². The number of nitrogen functional groups attached to an aromatic ring is 1. The second kappa shape index (κ2) is 6.38. The quantitative estimate of drug-likeness (QED) is 0.867. The number of amides is 1. The van der Waals surface area contributed by atoms with Crippen molar-refractivity contribution in [3.8, 4) is 0 Å². The summed E-state index contributed by atoms with van der Waals surface area (Å²) < 4.78 is 19.0. The molecule has 0 aliphatic carbocycles. The Bertz CT molecular complexity index is 702. The van der Waals surface area contributed by atoms with Gasteiger partial charge in [0.05, 0.1) is 18.2 Å². The molecule has 2 atom stereocenters. The molecule has 0 saturated carbocycles. The molecule has 0 aromatic heterocycles. The lowest BCUT2D eigenvalue weighted by molar-refractivity contribution is -0.0691. The number of nitrogens with two attached hydrogens (primary N) is 1. The van der Waals surface area contributed by atoms with Gasteiger partial charge >= 0.3 is 0 Å². The molecule has 2 aromatic carbocycles.